The van der Waals surface area contributed by atoms with Gasteiger partial charge in [-0.3, -0.25) is 0 Å². The molecular weight excluding hydrogens is 144 g/mol. The number of nitrogens with one attached hydrogen (secondary N) is 1. The molecule has 0 aliphatic carbocycles. The van der Waals surface area contributed by atoms with Crippen LogP contribution in [0.5, 0.6) is 0 Å². The van der Waals surface area contributed by atoms with Crippen LogP contribution in [0.1, 0.15) is 13.3 Å². The van der Waals surface area contributed by atoms with E-state index < -0.39 is 5.60 Å². The molecule has 0 amide bonds. The summed E-state index contributed by atoms with van der Waals surface area (Å²) in [7, 11) is 0. The summed E-state index contributed by atoms with van der Waals surface area (Å²) >= 11 is 0. The molecule has 0 saturated carbocycles. The number of nitriles is 1. The first kappa shape index (κ1) is 8.31. The number of rotatable bonds is 2. The Kier molecular flexibility index (Phi) is 2.32. The highest BCUT2D eigenvalue weighted by molar-refractivity contribution is 4.93. The van der Waals surface area contributed by atoms with Crippen LogP contribution in [-0.4, -0.2) is 30.0 Å². The summed E-state index contributed by atoms with van der Waals surface area (Å²) < 4.78 is 5.17. The molecule has 1 saturated heterocycles. The number of aliphatic hydroxyl groups is 1. The van der Waals surface area contributed by atoms with Crippen LogP contribution in [0.4, 0.5) is 0 Å². The second-order valence-corrected chi connectivity index (χ2v) is 2.83. The Morgan fingerprint density at radius 1 is 1.91 bits per heavy atom. The van der Waals surface area contributed by atoms with Gasteiger partial charge in [-0.2, -0.15) is 5.26 Å². The molecule has 2 atom stereocenters. The van der Waals surface area contributed by atoms with Crippen molar-refractivity contribution in [2.24, 2.45) is 0 Å². The van der Waals surface area contributed by atoms with E-state index in [0.717, 1.165) is 0 Å². The van der Waals surface area contributed by atoms with Gasteiger partial charge in [0, 0.05) is 13.0 Å². The van der Waals surface area contributed by atoms with Crippen molar-refractivity contribution in [1.82, 2.24) is 5.32 Å². The van der Waals surface area contributed by atoms with Gasteiger partial charge in [0.1, 0.15) is 5.60 Å². The third kappa shape index (κ3) is 1.62. The van der Waals surface area contributed by atoms with Crippen LogP contribution >= 0.6 is 0 Å². The van der Waals surface area contributed by atoms with E-state index in [-0.39, 0.29) is 12.6 Å². The molecule has 1 aliphatic heterocycles. The molecule has 1 heterocycles. The van der Waals surface area contributed by atoms with Crippen LogP contribution in [-0.2, 0) is 4.74 Å². The fourth-order valence-corrected chi connectivity index (χ4v) is 1.20. The minimum absolute atomic E-state index is 0.177. The second-order valence-electron chi connectivity index (χ2n) is 2.83. The van der Waals surface area contributed by atoms with Crippen LogP contribution in [0, 0.1) is 11.5 Å². The molecule has 0 aromatic carbocycles. The topological polar surface area (TPSA) is 65.3 Å². The van der Waals surface area contributed by atoms with Crippen molar-refractivity contribution in [3.8, 4) is 6.19 Å². The number of ether oxygens (including phenoxy) is 1. The van der Waals surface area contributed by atoms with Crippen molar-refractivity contribution in [3.63, 3.8) is 0 Å². The van der Waals surface area contributed by atoms with Gasteiger partial charge < -0.3 is 15.2 Å². The summed E-state index contributed by atoms with van der Waals surface area (Å²) in [4.78, 5) is 0. The predicted molar refractivity (Wildman–Crippen MR) is 38.6 cm³/mol. The molecule has 1 fully saturated rings. The van der Waals surface area contributed by atoms with E-state index in [0.29, 0.717) is 13.0 Å². The molecule has 0 bridgehead atoms. The molecule has 0 aromatic rings. The van der Waals surface area contributed by atoms with E-state index in [1.807, 2.05) is 6.92 Å². The quantitative estimate of drug-likeness (QED) is 0.421. The lowest BCUT2D eigenvalue weighted by Crippen LogP contribution is -2.44. The molecule has 2 unspecified atom stereocenters. The lowest BCUT2D eigenvalue weighted by atomic mass is 9.97. The largest absolute Gasteiger partial charge is 0.385 e. The molecule has 62 valence electrons. The van der Waals surface area contributed by atoms with Crippen LogP contribution in [0.2, 0.25) is 0 Å². The van der Waals surface area contributed by atoms with Gasteiger partial charge in [-0.25, -0.2) is 0 Å². The van der Waals surface area contributed by atoms with Crippen LogP contribution in [0.25, 0.3) is 0 Å². The fraction of sp³-hybridized carbons (Fsp3) is 0.857. The second kappa shape index (κ2) is 3.07. The van der Waals surface area contributed by atoms with Crippen molar-refractivity contribution in [2.75, 3.05) is 13.2 Å². The van der Waals surface area contributed by atoms with Gasteiger partial charge in [0.25, 0.3) is 0 Å². The van der Waals surface area contributed by atoms with E-state index in [2.05, 4.69) is 5.32 Å². The van der Waals surface area contributed by atoms with E-state index in [9.17, 15) is 5.11 Å². The predicted octanol–water partition coefficient (Wildman–Crippen LogP) is -0.403. The molecule has 4 nitrogen and oxygen atoms in total. The standard InChI is InChI=1S/C7H12N2O2/c1-6-7(10,2-3-11-6)4-9-5-8/h6,9-10H,2-4H2,1H3. The molecule has 11 heavy (non-hydrogen) atoms. The molecule has 1 aliphatic rings. The van der Waals surface area contributed by atoms with E-state index >= 15 is 0 Å². The summed E-state index contributed by atoms with van der Waals surface area (Å²) in [6, 6.07) is 0. The average Bonchev–Trinajstić information content (AvgIpc) is 2.30. The first-order valence-electron chi connectivity index (χ1n) is 3.65. The van der Waals surface area contributed by atoms with Gasteiger partial charge in [-0.15, -0.1) is 0 Å². The molecule has 4 heteroatoms. The Labute approximate surface area is 65.8 Å². The van der Waals surface area contributed by atoms with Crippen LogP contribution in [0.3, 0.4) is 0 Å². The lowest BCUT2D eigenvalue weighted by Gasteiger charge is -2.24. The van der Waals surface area contributed by atoms with Gasteiger partial charge in [0.2, 0.25) is 0 Å². The van der Waals surface area contributed by atoms with Gasteiger partial charge in [0.05, 0.1) is 12.6 Å². The van der Waals surface area contributed by atoms with E-state index in [4.69, 9.17) is 10.00 Å². The smallest absolute Gasteiger partial charge is 0.176 e. The first-order chi connectivity index (χ1) is 5.19. The molecular formula is C7H12N2O2. The summed E-state index contributed by atoms with van der Waals surface area (Å²) in [5, 5.41) is 20.4. The van der Waals surface area contributed by atoms with Crippen LogP contribution < -0.4 is 5.32 Å². The Bertz CT molecular complexity index is 178. The summed E-state index contributed by atoms with van der Waals surface area (Å²) in [5.74, 6) is 0. The van der Waals surface area contributed by atoms with Crippen molar-refractivity contribution in [2.45, 2.75) is 25.0 Å². The van der Waals surface area contributed by atoms with Crippen molar-refractivity contribution in [3.05, 3.63) is 0 Å². The van der Waals surface area contributed by atoms with E-state index in [1.54, 1.807) is 6.19 Å². The zero-order chi connectivity index (χ0) is 8.32. The highest BCUT2D eigenvalue weighted by Gasteiger charge is 2.39. The number of hydrogen-bond acceptors (Lipinski definition) is 4. The molecule has 2 N–H and O–H groups in total. The number of nitrogens with zero attached hydrogens (tertiary/aromatic N) is 1. The Morgan fingerprint density at radius 3 is 3.09 bits per heavy atom. The number of hydrogen-bond donors (Lipinski definition) is 2. The molecule has 1 rings (SSSR count). The summed E-state index contributed by atoms with van der Waals surface area (Å²) in [6.07, 6.45) is 2.20. The normalized spacial score (nSPS) is 36.6. The molecule has 0 spiro atoms. The molecule has 0 aromatic heterocycles. The molecule has 0 radical (unpaired) electrons. The Balaban J connectivity index is 2.45. The first-order valence-corrected chi connectivity index (χ1v) is 3.65. The fourth-order valence-electron chi connectivity index (χ4n) is 1.20. The Morgan fingerprint density at radius 2 is 2.64 bits per heavy atom. The third-order valence-electron chi connectivity index (χ3n) is 2.13. The van der Waals surface area contributed by atoms with E-state index in [1.165, 1.54) is 0 Å². The Hall–Kier alpha value is -0.790. The van der Waals surface area contributed by atoms with Gasteiger partial charge in [-0.1, -0.05) is 0 Å². The summed E-state index contributed by atoms with van der Waals surface area (Å²) in [6.45, 7) is 2.67. The third-order valence-corrected chi connectivity index (χ3v) is 2.13. The monoisotopic (exact) mass is 156 g/mol. The SMILES string of the molecule is CC1OCCC1(O)CNC#N. The highest BCUT2D eigenvalue weighted by atomic mass is 16.5. The van der Waals surface area contributed by atoms with Crippen molar-refractivity contribution >= 4 is 0 Å². The van der Waals surface area contributed by atoms with Crippen molar-refractivity contribution < 1.29 is 9.84 Å². The highest BCUT2D eigenvalue weighted by Crippen LogP contribution is 2.24. The lowest BCUT2D eigenvalue weighted by molar-refractivity contribution is -0.0238. The minimum Gasteiger partial charge on any atom is -0.385 e. The zero-order valence-corrected chi connectivity index (χ0v) is 6.50. The van der Waals surface area contributed by atoms with Crippen LogP contribution in [0.15, 0.2) is 0 Å². The maximum absolute atomic E-state index is 9.75. The average molecular weight is 156 g/mol. The van der Waals surface area contributed by atoms with Gasteiger partial charge >= 0.3 is 0 Å². The van der Waals surface area contributed by atoms with Gasteiger partial charge in [0.15, 0.2) is 6.19 Å². The minimum atomic E-state index is -0.851. The zero-order valence-electron chi connectivity index (χ0n) is 6.50. The maximum atomic E-state index is 9.75. The van der Waals surface area contributed by atoms with Crippen molar-refractivity contribution in [1.29, 1.82) is 5.26 Å². The van der Waals surface area contributed by atoms with Gasteiger partial charge in [-0.05, 0) is 6.92 Å². The maximum Gasteiger partial charge on any atom is 0.176 e. The summed E-state index contributed by atoms with van der Waals surface area (Å²) in [5.41, 5.74) is -0.851.